The molecular formula is C9H20NO3P. The number of nitrogens with two attached hydrogens (primary N) is 1. The molecule has 1 unspecified atom stereocenters. The summed E-state index contributed by atoms with van der Waals surface area (Å²) in [4.78, 5) is 0. The lowest BCUT2D eigenvalue weighted by Gasteiger charge is -2.11. The summed E-state index contributed by atoms with van der Waals surface area (Å²) in [6, 6.07) is 0. The van der Waals surface area contributed by atoms with Crippen molar-refractivity contribution in [2.75, 3.05) is 13.2 Å². The second kappa shape index (κ2) is 7.18. The van der Waals surface area contributed by atoms with Gasteiger partial charge < -0.3 is 0 Å². The lowest BCUT2D eigenvalue weighted by molar-refractivity contribution is 0.216. The molecule has 14 heavy (non-hydrogen) atoms. The molecule has 0 radical (unpaired) electrons. The van der Waals surface area contributed by atoms with Gasteiger partial charge >= 0.3 is 7.75 Å². The van der Waals surface area contributed by atoms with E-state index in [-0.39, 0.29) is 6.61 Å². The Hall–Kier alpha value is -0.150. The molecule has 0 aromatic carbocycles. The number of allylic oxidation sites excluding steroid dienone is 1. The van der Waals surface area contributed by atoms with Crippen molar-refractivity contribution in [2.45, 2.75) is 33.6 Å². The Bertz CT molecular complexity index is 224. The van der Waals surface area contributed by atoms with Gasteiger partial charge in [0.2, 0.25) is 0 Å². The molecule has 5 heteroatoms. The molecule has 0 rings (SSSR count). The maximum Gasteiger partial charge on any atom is 0.403 e. The molecule has 0 aliphatic heterocycles. The lowest BCUT2D eigenvalue weighted by atomic mass is 10.3. The van der Waals surface area contributed by atoms with Crippen molar-refractivity contribution in [2.24, 2.45) is 5.50 Å². The van der Waals surface area contributed by atoms with E-state index in [2.05, 4.69) is 0 Å². The zero-order valence-electron chi connectivity index (χ0n) is 9.16. The minimum atomic E-state index is -3.32. The Balaban J connectivity index is 3.72. The van der Waals surface area contributed by atoms with Crippen molar-refractivity contribution >= 4 is 7.75 Å². The molecule has 0 aliphatic carbocycles. The van der Waals surface area contributed by atoms with E-state index in [0.29, 0.717) is 6.61 Å². The summed E-state index contributed by atoms with van der Waals surface area (Å²) in [5, 5.41) is 0. The first-order valence-corrected chi connectivity index (χ1v) is 6.40. The van der Waals surface area contributed by atoms with Crippen LogP contribution in [0, 0.1) is 0 Å². The third-order valence-corrected chi connectivity index (χ3v) is 2.57. The number of unbranched alkanes of at least 4 members (excludes halogenated alkanes) is 1. The standard InChI is InChI=1S/C9H20NO3P/c1-4-5-7-12-14(10,11)13-8-6-9(2)3/h6H,4-5,7-8H2,1-3H3,(H2,10,11). The Morgan fingerprint density at radius 1 is 1.43 bits per heavy atom. The summed E-state index contributed by atoms with van der Waals surface area (Å²) < 4.78 is 21.2. The zero-order valence-corrected chi connectivity index (χ0v) is 10.0. The highest BCUT2D eigenvalue weighted by atomic mass is 31.2. The average Bonchev–Trinajstić information content (AvgIpc) is 2.03. The molecule has 0 heterocycles. The van der Waals surface area contributed by atoms with E-state index in [1.54, 1.807) is 0 Å². The van der Waals surface area contributed by atoms with Gasteiger partial charge in [-0.1, -0.05) is 25.0 Å². The average molecular weight is 221 g/mol. The lowest BCUT2D eigenvalue weighted by Crippen LogP contribution is -2.05. The van der Waals surface area contributed by atoms with Crippen LogP contribution in [0.5, 0.6) is 0 Å². The summed E-state index contributed by atoms with van der Waals surface area (Å²) in [5.74, 6) is 0. The highest BCUT2D eigenvalue weighted by Crippen LogP contribution is 2.38. The fourth-order valence-corrected chi connectivity index (χ4v) is 1.42. The summed E-state index contributed by atoms with van der Waals surface area (Å²) in [6.07, 6.45) is 3.63. The van der Waals surface area contributed by atoms with Gasteiger partial charge in [0.05, 0.1) is 13.2 Å². The Labute approximate surface area is 86.1 Å². The van der Waals surface area contributed by atoms with Crippen LogP contribution in [0.1, 0.15) is 33.6 Å². The van der Waals surface area contributed by atoms with Crippen LogP contribution in [0.3, 0.4) is 0 Å². The van der Waals surface area contributed by atoms with Gasteiger partial charge in [-0.05, 0) is 20.3 Å². The van der Waals surface area contributed by atoms with E-state index in [0.717, 1.165) is 18.4 Å². The SMILES string of the molecule is CCCCOP(N)(=O)OCC=C(C)C. The second-order valence-electron chi connectivity index (χ2n) is 3.30. The van der Waals surface area contributed by atoms with Gasteiger partial charge in [-0.3, -0.25) is 9.05 Å². The van der Waals surface area contributed by atoms with Crippen LogP contribution in [0.25, 0.3) is 0 Å². The van der Waals surface area contributed by atoms with Crippen molar-refractivity contribution in [1.82, 2.24) is 0 Å². The fourth-order valence-electron chi connectivity index (χ4n) is 0.681. The van der Waals surface area contributed by atoms with Crippen molar-refractivity contribution in [1.29, 1.82) is 0 Å². The van der Waals surface area contributed by atoms with Crippen LogP contribution in [0.2, 0.25) is 0 Å². The van der Waals surface area contributed by atoms with E-state index in [1.165, 1.54) is 0 Å². The molecule has 0 spiro atoms. The molecule has 0 aromatic rings. The third-order valence-electron chi connectivity index (χ3n) is 1.52. The normalized spacial score (nSPS) is 14.9. The quantitative estimate of drug-likeness (QED) is 0.408. The summed E-state index contributed by atoms with van der Waals surface area (Å²) in [7, 11) is -3.32. The first-order valence-electron chi connectivity index (χ1n) is 4.79. The molecule has 0 saturated carbocycles. The maximum atomic E-state index is 11.4. The molecule has 0 aromatic heterocycles. The molecular weight excluding hydrogens is 201 g/mol. The topological polar surface area (TPSA) is 61.5 Å². The molecule has 0 amide bonds. The smallest absolute Gasteiger partial charge is 0.297 e. The Kier molecular flexibility index (Phi) is 7.11. The molecule has 4 nitrogen and oxygen atoms in total. The second-order valence-corrected chi connectivity index (χ2v) is 4.90. The minimum Gasteiger partial charge on any atom is -0.297 e. The van der Waals surface area contributed by atoms with E-state index in [9.17, 15) is 4.57 Å². The van der Waals surface area contributed by atoms with Crippen LogP contribution >= 0.6 is 7.75 Å². The molecule has 84 valence electrons. The van der Waals surface area contributed by atoms with Crippen LogP contribution in [0.4, 0.5) is 0 Å². The molecule has 0 fully saturated rings. The molecule has 0 bridgehead atoms. The molecule has 0 aliphatic rings. The van der Waals surface area contributed by atoms with Crippen LogP contribution in [-0.4, -0.2) is 13.2 Å². The van der Waals surface area contributed by atoms with E-state index >= 15 is 0 Å². The van der Waals surface area contributed by atoms with Crippen LogP contribution in [-0.2, 0) is 13.6 Å². The Morgan fingerprint density at radius 3 is 2.57 bits per heavy atom. The highest BCUT2D eigenvalue weighted by molar-refractivity contribution is 7.51. The predicted octanol–water partition coefficient (Wildman–Crippen LogP) is 2.85. The highest BCUT2D eigenvalue weighted by Gasteiger charge is 2.16. The van der Waals surface area contributed by atoms with Crippen molar-refractivity contribution in [3.8, 4) is 0 Å². The molecule has 1 atom stereocenters. The summed E-state index contributed by atoms with van der Waals surface area (Å²) in [5.41, 5.74) is 6.42. The van der Waals surface area contributed by atoms with Gasteiger partial charge in [-0.15, -0.1) is 0 Å². The Morgan fingerprint density at radius 2 is 2.07 bits per heavy atom. The fraction of sp³-hybridized carbons (Fsp3) is 0.778. The van der Waals surface area contributed by atoms with E-state index in [1.807, 2.05) is 26.8 Å². The first-order chi connectivity index (χ1) is 6.48. The van der Waals surface area contributed by atoms with Crippen LogP contribution in [0.15, 0.2) is 11.6 Å². The van der Waals surface area contributed by atoms with Gasteiger partial charge in [-0.2, -0.15) is 0 Å². The van der Waals surface area contributed by atoms with Crippen molar-refractivity contribution < 1.29 is 13.6 Å². The molecule has 0 saturated heterocycles. The van der Waals surface area contributed by atoms with E-state index in [4.69, 9.17) is 14.6 Å². The van der Waals surface area contributed by atoms with E-state index < -0.39 is 7.75 Å². The van der Waals surface area contributed by atoms with Gasteiger partial charge in [0.15, 0.2) is 0 Å². The van der Waals surface area contributed by atoms with Gasteiger partial charge in [0.25, 0.3) is 0 Å². The number of hydrogen-bond acceptors (Lipinski definition) is 3. The van der Waals surface area contributed by atoms with Crippen molar-refractivity contribution in [3.05, 3.63) is 11.6 Å². The monoisotopic (exact) mass is 221 g/mol. The van der Waals surface area contributed by atoms with Crippen LogP contribution < -0.4 is 5.50 Å². The predicted molar refractivity (Wildman–Crippen MR) is 58.0 cm³/mol. The minimum absolute atomic E-state index is 0.238. The number of hydrogen-bond donors (Lipinski definition) is 1. The van der Waals surface area contributed by atoms with Gasteiger partial charge in [0.1, 0.15) is 0 Å². The largest absolute Gasteiger partial charge is 0.403 e. The maximum absolute atomic E-state index is 11.4. The third kappa shape index (κ3) is 8.45. The van der Waals surface area contributed by atoms with Crippen molar-refractivity contribution in [3.63, 3.8) is 0 Å². The summed E-state index contributed by atoms with van der Waals surface area (Å²) >= 11 is 0. The van der Waals surface area contributed by atoms with Gasteiger partial charge in [-0.25, -0.2) is 10.1 Å². The van der Waals surface area contributed by atoms with Gasteiger partial charge in [0, 0.05) is 0 Å². The zero-order chi connectivity index (χ0) is 11.0. The number of rotatable bonds is 7. The first kappa shape index (κ1) is 13.8. The summed E-state index contributed by atoms with van der Waals surface area (Å²) in [6.45, 7) is 6.52. The molecule has 2 N–H and O–H groups in total.